The number of amides is 1. The molecule has 4 aromatic rings. The zero-order chi connectivity index (χ0) is 25.1. The fourth-order valence-electron chi connectivity index (χ4n) is 4.63. The Hall–Kier alpha value is -3.91. The monoisotopic (exact) mass is 503 g/mol. The molecule has 9 heteroatoms. The van der Waals surface area contributed by atoms with Gasteiger partial charge in [-0.15, -0.1) is 0 Å². The molecule has 1 saturated carbocycles. The van der Waals surface area contributed by atoms with Gasteiger partial charge in [-0.3, -0.25) is 9.59 Å². The van der Waals surface area contributed by atoms with E-state index in [0.29, 0.717) is 44.5 Å². The van der Waals surface area contributed by atoms with Crippen molar-refractivity contribution in [3.8, 4) is 11.5 Å². The third kappa shape index (κ3) is 5.18. The van der Waals surface area contributed by atoms with Crippen molar-refractivity contribution in [3.05, 3.63) is 77.2 Å². The minimum Gasteiger partial charge on any atom is -0.457 e. The average molecular weight is 504 g/mol. The molecule has 3 N–H and O–H groups in total. The lowest BCUT2D eigenvalue weighted by Gasteiger charge is -2.29. The van der Waals surface area contributed by atoms with Crippen LogP contribution in [0.4, 0.5) is 5.82 Å². The summed E-state index contributed by atoms with van der Waals surface area (Å²) >= 11 is 6.52. The lowest BCUT2D eigenvalue weighted by Crippen LogP contribution is -2.39. The first-order chi connectivity index (χ1) is 17.5. The summed E-state index contributed by atoms with van der Waals surface area (Å²) in [6, 6.07) is 14.8. The molecular weight excluding hydrogens is 478 g/mol. The van der Waals surface area contributed by atoms with Gasteiger partial charge in [-0.2, -0.15) is 0 Å². The number of H-pyrrole nitrogens is 1. The predicted octanol–water partition coefficient (Wildman–Crippen LogP) is 5.49. The number of ether oxygens (including phenoxy) is 1. The number of fused-ring (bicyclic) bond motifs is 1. The Morgan fingerprint density at radius 3 is 2.44 bits per heavy atom. The summed E-state index contributed by atoms with van der Waals surface area (Å²) in [5.41, 5.74) is 1.38. The number of benzene rings is 2. The Morgan fingerprint density at radius 2 is 1.72 bits per heavy atom. The summed E-state index contributed by atoms with van der Waals surface area (Å²) in [4.78, 5) is 36.7. The van der Waals surface area contributed by atoms with Crippen molar-refractivity contribution in [3.63, 3.8) is 0 Å². The topological polar surface area (TPSA) is 109 Å². The largest absolute Gasteiger partial charge is 0.457 e. The number of halogens is 1. The zero-order valence-electron chi connectivity index (χ0n) is 19.8. The molecule has 36 heavy (non-hydrogen) atoms. The highest BCUT2D eigenvalue weighted by Crippen LogP contribution is 2.32. The quantitative estimate of drug-likeness (QED) is 0.287. The van der Waals surface area contributed by atoms with Crippen molar-refractivity contribution in [1.29, 1.82) is 0 Å². The number of carbonyl (C=O) groups excluding carboxylic acids is 2. The molecule has 0 saturated heterocycles. The Kier molecular flexibility index (Phi) is 6.86. The average Bonchev–Trinajstić information content (AvgIpc) is 3.31. The highest BCUT2D eigenvalue weighted by molar-refractivity contribution is 6.35. The van der Waals surface area contributed by atoms with Crippen LogP contribution in [0.25, 0.3) is 11.0 Å². The van der Waals surface area contributed by atoms with Gasteiger partial charge in [0.2, 0.25) is 5.91 Å². The highest BCUT2D eigenvalue weighted by atomic mass is 35.5. The molecule has 0 bridgehead atoms. The lowest BCUT2D eigenvalue weighted by molar-refractivity contribution is -0.119. The molecule has 1 fully saturated rings. The maximum Gasteiger partial charge on any atom is 0.217 e. The second kappa shape index (κ2) is 10.4. The number of carbonyl (C=O) groups is 2. The van der Waals surface area contributed by atoms with Gasteiger partial charge in [0, 0.05) is 36.8 Å². The zero-order valence-corrected chi connectivity index (χ0v) is 20.5. The summed E-state index contributed by atoms with van der Waals surface area (Å²) in [6.45, 7) is 1.54. The van der Waals surface area contributed by atoms with E-state index in [9.17, 15) is 9.59 Å². The van der Waals surface area contributed by atoms with Crippen molar-refractivity contribution in [2.24, 2.45) is 0 Å². The van der Waals surface area contributed by atoms with Crippen LogP contribution >= 0.6 is 11.6 Å². The molecule has 5 rings (SSSR count). The molecular formula is C27H26ClN5O3. The van der Waals surface area contributed by atoms with E-state index in [1.807, 2.05) is 30.3 Å². The fourth-order valence-corrected chi connectivity index (χ4v) is 4.88. The van der Waals surface area contributed by atoms with E-state index < -0.39 is 0 Å². The number of aromatic nitrogens is 3. The Morgan fingerprint density at radius 1 is 0.972 bits per heavy atom. The number of rotatable bonds is 7. The Balaban J connectivity index is 1.36. The number of aromatic amines is 1. The van der Waals surface area contributed by atoms with E-state index in [2.05, 4.69) is 25.6 Å². The third-order valence-electron chi connectivity index (χ3n) is 6.35. The molecule has 0 radical (unpaired) electrons. The molecule has 0 spiro atoms. The van der Waals surface area contributed by atoms with Gasteiger partial charge in [-0.25, -0.2) is 9.97 Å². The number of ketones is 1. The fraction of sp³-hybridized carbons (Fsp3) is 0.259. The van der Waals surface area contributed by atoms with E-state index >= 15 is 0 Å². The Labute approximate surface area is 213 Å². The maximum atomic E-state index is 13.5. The molecule has 0 atom stereocenters. The van der Waals surface area contributed by atoms with E-state index in [0.717, 1.165) is 25.7 Å². The van der Waals surface area contributed by atoms with Crippen molar-refractivity contribution in [1.82, 2.24) is 20.3 Å². The lowest BCUT2D eigenvalue weighted by atomic mass is 9.91. The molecule has 2 aromatic carbocycles. The summed E-state index contributed by atoms with van der Waals surface area (Å²) in [5, 5.41) is 7.41. The first-order valence-electron chi connectivity index (χ1n) is 11.9. The van der Waals surface area contributed by atoms with Gasteiger partial charge in [0.1, 0.15) is 29.3 Å². The standard InChI is InChI=1S/C27H26ClN5O3/c1-16(34)32-17-7-9-18(10-8-17)33-27-24-22(14-29-26(24)30-15-31-27)25(35)21-12-11-20(13-23(21)28)36-19-5-3-2-4-6-19/h2-6,11-15,17-18H,7-10H2,1H3,(H,32,34)(H2,29,30,31,33). The first kappa shape index (κ1) is 23.8. The second-order valence-electron chi connectivity index (χ2n) is 8.93. The molecule has 1 aliphatic carbocycles. The minimum absolute atomic E-state index is 0.00211. The minimum atomic E-state index is -0.232. The number of para-hydroxylation sites is 1. The van der Waals surface area contributed by atoms with E-state index in [1.165, 1.54) is 6.33 Å². The van der Waals surface area contributed by atoms with Crippen LogP contribution in [0.2, 0.25) is 5.02 Å². The normalized spacial score (nSPS) is 17.5. The van der Waals surface area contributed by atoms with Gasteiger partial charge in [-0.1, -0.05) is 29.8 Å². The summed E-state index contributed by atoms with van der Waals surface area (Å²) < 4.78 is 5.83. The van der Waals surface area contributed by atoms with Gasteiger partial charge < -0.3 is 20.4 Å². The van der Waals surface area contributed by atoms with Crippen LogP contribution in [0, 0.1) is 0 Å². The second-order valence-corrected chi connectivity index (χ2v) is 9.33. The number of hydrogen-bond acceptors (Lipinski definition) is 6. The molecule has 8 nitrogen and oxygen atoms in total. The van der Waals surface area contributed by atoms with Crippen LogP contribution in [0.15, 0.2) is 61.1 Å². The molecule has 2 heterocycles. The van der Waals surface area contributed by atoms with Crippen molar-refractivity contribution in [2.45, 2.75) is 44.7 Å². The van der Waals surface area contributed by atoms with E-state index in [1.54, 1.807) is 31.3 Å². The van der Waals surface area contributed by atoms with Gasteiger partial charge in [0.25, 0.3) is 0 Å². The molecule has 184 valence electrons. The SMILES string of the molecule is CC(=O)NC1CCC(Nc2ncnc3[nH]cc(C(=O)c4ccc(Oc5ccccc5)cc4Cl)c23)CC1. The molecule has 2 aromatic heterocycles. The number of nitrogens with zero attached hydrogens (tertiary/aromatic N) is 2. The van der Waals surface area contributed by atoms with Crippen LogP contribution in [0.5, 0.6) is 11.5 Å². The van der Waals surface area contributed by atoms with E-state index in [4.69, 9.17) is 16.3 Å². The summed E-state index contributed by atoms with van der Waals surface area (Å²) in [7, 11) is 0. The van der Waals surface area contributed by atoms with Crippen LogP contribution in [-0.4, -0.2) is 38.7 Å². The molecule has 0 aliphatic heterocycles. The van der Waals surface area contributed by atoms with Crippen molar-refractivity contribution >= 4 is 40.1 Å². The third-order valence-corrected chi connectivity index (χ3v) is 6.67. The van der Waals surface area contributed by atoms with Gasteiger partial charge in [-0.05, 0) is 49.9 Å². The van der Waals surface area contributed by atoms with Gasteiger partial charge in [0.05, 0.1) is 16.0 Å². The predicted molar refractivity (Wildman–Crippen MR) is 139 cm³/mol. The smallest absolute Gasteiger partial charge is 0.217 e. The van der Waals surface area contributed by atoms with Crippen molar-refractivity contribution < 1.29 is 14.3 Å². The molecule has 1 amide bonds. The van der Waals surface area contributed by atoms with Crippen LogP contribution in [-0.2, 0) is 4.79 Å². The number of hydrogen-bond donors (Lipinski definition) is 3. The van der Waals surface area contributed by atoms with Crippen LogP contribution in [0.3, 0.4) is 0 Å². The summed E-state index contributed by atoms with van der Waals surface area (Å²) in [5.74, 6) is 1.60. The summed E-state index contributed by atoms with van der Waals surface area (Å²) in [6.07, 6.45) is 6.67. The maximum absolute atomic E-state index is 13.5. The van der Waals surface area contributed by atoms with Gasteiger partial charge >= 0.3 is 0 Å². The first-order valence-corrected chi connectivity index (χ1v) is 12.3. The van der Waals surface area contributed by atoms with Crippen LogP contribution < -0.4 is 15.4 Å². The van der Waals surface area contributed by atoms with E-state index in [-0.39, 0.29) is 23.8 Å². The molecule has 0 unspecified atom stereocenters. The molecule has 1 aliphatic rings. The van der Waals surface area contributed by atoms with Crippen LogP contribution in [0.1, 0.15) is 48.5 Å². The van der Waals surface area contributed by atoms with Crippen molar-refractivity contribution in [2.75, 3.05) is 5.32 Å². The Bertz CT molecular complexity index is 1400. The number of anilines is 1. The van der Waals surface area contributed by atoms with Gasteiger partial charge in [0.15, 0.2) is 5.78 Å². The highest BCUT2D eigenvalue weighted by Gasteiger charge is 2.25. The number of nitrogens with one attached hydrogen (secondary N) is 3.